The Morgan fingerprint density at radius 3 is 2.21 bits per heavy atom. The van der Waals surface area contributed by atoms with Gasteiger partial charge in [0.25, 0.3) is 0 Å². The summed E-state index contributed by atoms with van der Waals surface area (Å²) in [4.78, 5) is 24.9. The van der Waals surface area contributed by atoms with Gasteiger partial charge in [0.2, 0.25) is 11.8 Å². The molecule has 0 fully saturated rings. The molecule has 0 aromatic heterocycles. The number of anilines is 3. The molecule has 2 amide bonds. The van der Waals surface area contributed by atoms with E-state index in [2.05, 4.69) is 10.6 Å². The molecule has 5 nitrogen and oxygen atoms in total. The molecule has 0 aliphatic rings. The lowest BCUT2D eigenvalue weighted by molar-refractivity contribution is -0.115. The highest BCUT2D eigenvalue weighted by Gasteiger charge is 2.11. The zero-order valence-electron chi connectivity index (χ0n) is 13.7. The first-order valence-corrected chi connectivity index (χ1v) is 7.66. The predicted octanol–water partition coefficient (Wildman–Crippen LogP) is 3.25. The highest BCUT2D eigenvalue weighted by molar-refractivity contribution is 5.94. The molecule has 0 aliphatic heterocycles. The van der Waals surface area contributed by atoms with Crippen molar-refractivity contribution in [2.75, 3.05) is 28.6 Å². The summed E-state index contributed by atoms with van der Waals surface area (Å²) in [5, 5.41) is 5.44. The second-order valence-electron chi connectivity index (χ2n) is 5.30. The Labute approximate surface area is 140 Å². The first kappa shape index (κ1) is 17.5. The number of hydrogen-bond acceptors (Lipinski definition) is 3. The summed E-state index contributed by atoms with van der Waals surface area (Å²) in [6.45, 7) is 4.04. The summed E-state index contributed by atoms with van der Waals surface area (Å²) < 4.78 is 13.3. The molecule has 0 heterocycles. The van der Waals surface area contributed by atoms with Gasteiger partial charge in [-0.1, -0.05) is 6.07 Å². The van der Waals surface area contributed by atoms with Crippen molar-refractivity contribution in [2.24, 2.45) is 0 Å². The maximum Gasteiger partial charge on any atom is 0.243 e. The van der Waals surface area contributed by atoms with Crippen LogP contribution >= 0.6 is 0 Å². The van der Waals surface area contributed by atoms with E-state index in [-0.39, 0.29) is 24.2 Å². The zero-order valence-corrected chi connectivity index (χ0v) is 13.7. The zero-order chi connectivity index (χ0) is 17.5. The highest BCUT2D eigenvalue weighted by Crippen LogP contribution is 2.16. The summed E-state index contributed by atoms with van der Waals surface area (Å²) in [7, 11) is 0. The van der Waals surface area contributed by atoms with Gasteiger partial charge in [0.05, 0.1) is 6.54 Å². The molecule has 2 rings (SSSR count). The van der Waals surface area contributed by atoms with Gasteiger partial charge in [-0.05, 0) is 49.4 Å². The molecule has 0 saturated heterocycles. The molecule has 0 bridgehead atoms. The van der Waals surface area contributed by atoms with Gasteiger partial charge >= 0.3 is 0 Å². The van der Waals surface area contributed by atoms with Crippen LogP contribution in [-0.2, 0) is 9.59 Å². The molecule has 0 saturated carbocycles. The Kier molecular flexibility index (Phi) is 5.89. The van der Waals surface area contributed by atoms with E-state index in [0.717, 1.165) is 0 Å². The molecule has 0 atom stereocenters. The predicted molar refractivity (Wildman–Crippen MR) is 93.7 cm³/mol. The first-order chi connectivity index (χ1) is 11.5. The molecule has 126 valence electrons. The van der Waals surface area contributed by atoms with Crippen LogP contribution in [0.1, 0.15) is 13.8 Å². The maximum atomic E-state index is 13.3. The number of carbonyl (C=O) groups excluding carboxylic acids is 2. The van der Waals surface area contributed by atoms with Gasteiger partial charge in [-0.2, -0.15) is 0 Å². The molecule has 2 aromatic rings. The number of halogens is 1. The maximum absolute atomic E-state index is 13.3. The van der Waals surface area contributed by atoms with Crippen LogP contribution in [-0.4, -0.2) is 24.9 Å². The Hall–Kier alpha value is -2.89. The fourth-order valence-corrected chi connectivity index (χ4v) is 2.27. The Morgan fingerprint density at radius 1 is 1.04 bits per heavy atom. The summed E-state index contributed by atoms with van der Waals surface area (Å²) in [6.07, 6.45) is 0. The third-order valence-electron chi connectivity index (χ3n) is 3.38. The molecule has 0 spiro atoms. The number of likely N-dealkylation sites (N-methyl/N-ethyl adjacent to an activating group) is 1. The van der Waals surface area contributed by atoms with Gasteiger partial charge in [0, 0.05) is 30.5 Å². The van der Waals surface area contributed by atoms with Crippen molar-refractivity contribution >= 4 is 28.9 Å². The van der Waals surface area contributed by atoms with Crippen molar-refractivity contribution in [2.45, 2.75) is 13.8 Å². The van der Waals surface area contributed by atoms with Gasteiger partial charge in [-0.25, -0.2) is 4.39 Å². The van der Waals surface area contributed by atoms with Crippen molar-refractivity contribution in [1.29, 1.82) is 0 Å². The second-order valence-corrected chi connectivity index (χ2v) is 5.30. The minimum atomic E-state index is -0.333. The summed E-state index contributed by atoms with van der Waals surface area (Å²) >= 11 is 0. The van der Waals surface area contributed by atoms with Crippen LogP contribution in [0.25, 0.3) is 0 Å². The normalized spacial score (nSPS) is 10.1. The quantitative estimate of drug-likeness (QED) is 0.855. The number of amides is 2. The molecular weight excluding hydrogens is 309 g/mol. The second kappa shape index (κ2) is 8.10. The fraction of sp³-hybridized carbons (Fsp3) is 0.222. The lowest BCUT2D eigenvalue weighted by Gasteiger charge is -2.22. The van der Waals surface area contributed by atoms with Gasteiger partial charge in [-0.15, -0.1) is 0 Å². The van der Waals surface area contributed by atoms with Gasteiger partial charge in [0.1, 0.15) is 5.82 Å². The van der Waals surface area contributed by atoms with E-state index in [1.54, 1.807) is 41.3 Å². The Bertz CT molecular complexity index is 716. The van der Waals surface area contributed by atoms with E-state index in [4.69, 9.17) is 0 Å². The number of nitrogens with one attached hydrogen (secondary N) is 2. The van der Waals surface area contributed by atoms with Crippen LogP contribution in [0.2, 0.25) is 0 Å². The fourth-order valence-electron chi connectivity index (χ4n) is 2.27. The highest BCUT2D eigenvalue weighted by atomic mass is 19.1. The van der Waals surface area contributed by atoms with Gasteiger partial charge in [-0.3, -0.25) is 9.59 Å². The molecular formula is C18H20FN3O2. The van der Waals surface area contributed by atoms with E-state index >= 15 is 0 Å². The molecule has 24 heavy (non-hydrogen) atoms. The number of hydrogen-bond donors (Lipinski definition) is 2. The van der Waals surface area contributed by atoms with E-state index in [1.807, 2.05) is 6.92 Å². The number of rotatable bonds is 6. The largest absolute Gasteiger partial charge is 0.362 e. The lowest BCUT2D eigenvalue weighted by Crippen LogP contribution is -2.33. The van der Waals surface area contributed by atoms with Crippen LogP contribution < -0.4 is 15.5 Å². The minimum absolute atomic E-state index is 0.118. The standard InChI is InChI=1S/C18H20FN3O2/c1-3-22(17-6-4-5-14(19)11-17)12-18(24)21-16-9-7-15(8-10-16)20-13(2)23/h4-11H,3,12H2,1-2H3,(H,20,23)(H,21,24). The van der Waals surface area contributed by atoms with Gasteiger partial charge < -0.3 is 15.5 Å². The molecule has 2 aromatic carbocycles. The van der Waals surface area contributed by atoms with Gasteiger partial charge in [0.15, 0.2) is 0 Å². The van der Waals surface area contributed by atoms with Crippen LogP contribution in [0.5, 0.6) is 0 Å². The number of benzene rings is 2. The van der Waals surface area contributed by atoms with Crippen molar-refractivity contribution < 1.29 is 14.0 Å². The molecule has 6 heteroatoms. The monoisotopic (exact) mass is 329 g/mol. The number of nitrogens with zero attached hydrogens (tertiary/aromatic N) is 1. The smallest absolute Gasteiger partial charge is 0.243 e. The average molecular weight is 329 g/mol. The first-order valence-electron chi connectivity index (χ1n) is 7.66. The van der Waals surface area contributed by atoms with Crippen LogP contribution in [0.3, 0.4) is 0 Å². The summed E-state index contributed by atoms with van der Waals surface area (Å²) in [5.41, 5.74) is 1.95. The Balaban J connectivity index is 1.97. The van der Waals surface area contributed by atoms with Crippen molar-refractivity contribution in [3.05, 3.63) is 54.3 Å². The number of carbonyl (C=O) groups is 2. The SMILES string of the molecule is CCN(CC(=O)Nc1ccc(NC(C)=O)cc1)c1cccc(F)c1. The molecule has 0 aliphatic carbocycles. The Morgan fingerprint density at radius 2 is 1.67 bits per heavy atom. The van der Waals surface area contributed by atoms with Crippen LogP contribution in [0.15, 0.2) is 48.5 Å². The van der Waals surface area contributed by atoms with E-state index < -0.39 is 0 Å². The third-order valence-corrected chi connectivity index (χ3v) is 3.38. The van der Waals surface area contributed by atoms with E-state index in [9.17, 15) is 14.0 Å². The topological polar surface area (TPSA) is 61.4 Å². The van der Waals surface area contributed by atoms with Crippen molar-refractivity contribution in [1.82, 2.24) is 0 Å². The third kappa shape index (κ3) is 5.08. The van der Waals surface area contributed by atoms with Crippen LogP contribution in [0.4, 0.5) is 21.5 Å². The molecule has 0 unspecified atom stereocenters. The van der Waals surface area contributed by atoms with E-state index in [1.165, 1.54) is 19.1 Å². The van der Waals surface area contributed by atoms with Crippen molar-refractivity contribution in [3.8, 4) is 0 Å². The summed E-state index contributed by atoms with van der Waals surface area (Å²) in [5.74, 6) is -0.686. The van der Waals surface area contributed by atoms with Crippen molar-refractivity contribution in [3.63, 3.8) is 0 Å². The average Bonchev–Trinajstić information content (AvgIpc) is 2.54. The van der Waals surface area contributed by atoms with Crippen LogP contribution in [0, 0.1) is 5.82 Å². The summed E-state index contributed by atoms with van der Waals surface area (Å²) in [6, 6.07) is 13.0. The molecule has 0 radical (unpaired) electrons. The molecule has 2 N–H and O–H groups in total. The minimum Gasteiger partial charge on any atom is -0.362 e. The van der Waals surface area contributed by atoms with E-state index in [0.29, 0.717) is 23.6 Å². The lowest BCUT2D eigenvalue weighted by atomic mass is 10.2.